The van der Waals surface area contributed by atoms with Crippen molar-refractivity contribution in [3.05, 3.63) is 47.0 Å². The topological polar surface area (TPSA) is 66.8 Å². The maximum Gasteiger partial charge on any atom is 0.171 e. The van der Waals surface area contributed by atoms with Crippen molar-refractivity contribution in [2.45, 2.75) is 32.6 Å². The minimum absolute atomic E-state index is 0.0201. The second kappa shape index (κ2) is 4.77. The quantitative estimate of drug-likeness (QED) is 0.723. The van der Waals surface area contributed by atoms with Gasteiger partial charge in [-0.05, 0) is 23.1 Å². The minimum Gasteiger partial charge on any atom is -0.504 e. The predicted octanol–water partition coefficient (Wildman–Crippen LogP) is 3.93. The molecule has 0 fully saturated rings. The summed E-state index contributed by atoms with van der Waals surface area (Å²) in [5, 5.41) is 19.2. The van der Waals surface area contributed by atoms with Crippen molar-refractivity contribution in [2.75, 3.05) is 0 Å². The van der Waals surface area contributed by atoms with E-state index in [1.807, 2.05) is 18.2 Å². The van der Waals surface area contributed by atoms with Crippen molar-refractivity contribution in [3.8, 4) is 23.0 Å². The molecule has 0 atom stereocenters. The molecule has 114 valence electrons. The molecule has 0 unspecified atom stereocenters. The Morgan fingerprint density at radius 3 is 2.36 bits per heavy atom. The first-order chi connectivity index (χ1) is 10.3. The standard InChI is InChI=1S/C18H18O4/c1-18(2,3)11-4-5-16-10(6-11)7-13(19)12-8-14(20)15(21)9-17(12)22-16/h4-6,8-9,20-21H,7H2,1-3H3. The fourth-order valence-corrected chi connectivity index (χ4v) is 2.53. The van der Waals surface area contributed by atoms with Crippen LogP contribution in [-0.2, 0) is 11.8 Å². The van der Waals surface area contributed by atoms with Gasteiger partial charge in [-0.2, -0.15) is 0 Å². The largest absolute Gasteiger partial charge is 0.504 e. The zero-order valence-corrected chi connectivity index (χ0v) is 12.8. The number of phenols is 2. The minimum atomic E-state index is -0.322. The number of carbonyl (C=O) groups is 1. The molecular formula is C18H18O4. The van der Waals surface area contributed by atoms with Gasteiger partial charge in [0.1, 0.15) is 11.5 Å². The third-order valence-corrected chi connectivity index (χ3v) is 3.87. The number of aromatic hydroxyl groups is 2. The summed E-state index contributed by atoms with van der Waals surface area (Å²) in [7, 11) is 0. The summed E-state index contributed by atoms with van der Waals surface area (Å²) >= 11 is 0. The predicted molar refractivity (Wildman–Crippen MR) is 83.0 cm³/mol. The summed E-state index contributed by atoms with van der Waals surface area (Å²) in [5.74, 6) is 0.0983. The molecule has 0 aromatic heterocycles. The average molecular weight is 298 g/mol. The van der Waals surface area contributed by atoms with Gasteiger partial charge in [0.25, 0.3) is 0 Å². The highest BCUT2D eigenvalue weighted by Gasteiger charge is 2.25. The molecule has 0 saturated carbocycles. The summed E-state index contributed by atoms with van der Waals surface area (Å²) in [4.78, 5) is 12.4. The van der Waals surface area contributed by atoms with Crippen molar-refractivity contribution in [1.29, 1.82) is 0 Å². The van der Waals surface area contributed by atoms with Crippen LogP contribution in [0, 0.1) is 0 Å². The monoisotopic (exact) mass is 298 g/mol. The molecule has 0 bridgehead atoms. The van der Waals surface area contributed by atoms with Crippen LogP contribution >= 0.6 is 0 Å². The second-order valence-corrected chi connectivity index (χ2v) is 6.61. The van der Waals surface area contributed by atoms with Gasteiger partial charge in [-0.3, -0.25) is 4.79 Å². The average Bonchev–Trinajstić information content (AvgIpc) is 2.55. The van der Waals surface area contributed by atoms with E-state index in [9.17, 15) is 15.0 Å². The fraction of sp³-hybridized carbons (Fsp3) is 0.278. The first kappa shape index (κ1) is 14.4. The molecule has 0 amide bonds. The lowest BCUT2D eigenvalue weighted by Crippen LogP contribution is -2.12. The number of hydrogen-bond acceptors (Lipinski definition) is 4. The van der Waals surface area contributed by atoms with Crippen molar-refractivity contribution >= 4 is 5.78 Å². The maximum atomic E-state index is 12.4. The molecule has 0 aliphatic carbocycles. The lowest BCUT2D eigenvalue weighted by Gasteiger charge is -2.20. The van der Waals surface area contributed by atoms with Crippen LogP contribution < -0.4 is 4.74 Å². The van der Waals surface area contributed by atoms with Gasteiger partial charge in [0, 0.05) is 18.1 Å². The molecular weight excluding hydrogens is 280 g/mol. The Hall–Kier alpha value is -2.49. The molecule has 1 heterocycles. The molecule has 3 rings (SSSR count). The number of rotatable bonds is 0. The molecule has 4 nitrogen and oxygen atoms in total. The number of fused-ring (bicyclic) bond motifs is 2. The highest BCUT2D eigenvalue weighted by molar-refractivity contribution is 6.01. The van der Waals surface area contributed by atoms with Gasteiger partial charge in [0.2, 0.25) is 0 Å². The molecule has 2 N–H and O–H groups in total. The van der Waals surface area contributed by atoms with Crippen molar-refractivity contribution < 1.29 is 19.7 Å². The SMILES string of the molecule is CC(C)(C)c1ccc2c(c1)CC(=O)c1cc(O)c(O)cc1O2. The van der Waals surface area contributed by atoms with Crippen LogP contribution in [0.15, 0.2) is 30.3 Å². The smallest absolute Gasteiger partial charge is 0.171 e. The van der Waals surface area contributed by atoms with Crippen molar-refractivity contribution in [2.24, 2.45) is 0 Å². The van der Waals surface area contributed by atoms with E-state index in [0.717, 1.165) is 11.1 Å². The Labute approximate surface area is 129 Å². The third kappa shape index (κ3) is 2.41. The molecule has 0 saturated heterocycles. The Morgan fingerprint density at radius 2 is 1.68 bits per heavy atom. The number of benzene rings is 2. The highest BCUT2D eigenvalue weighted by atomic mass is 16.5. The second-order valence-electron chi connectivity index (χ2n) is 6.61. The van der Waals surface area contributed by atoms with E-state index >= 15 is 0 Å². The number of phenolic OH excluding ortho intramolecular Hbond substituents is 2. The van der Waals surface area contributed by atoms with Crippen LogP contribution in [-0.4, -0.2) is 16.0 Å². The van der Waals surface area contributed by atoms with Gasteiger partial charge in [-0.1, -0.05) is 32.9 Å². The van der Waals surface area contributed by atoms with E-state index in [1.54, 1.807) is 0 Å². The summed E-state index contributed by atoms with van der Waals surface area (Å²) in [5.41, 5.74) is 2.20. The first-order valence-electron chi connectivity index (χ1n) is 7.16. The zero-order valence-electron chi connectivity index (χ0n) is 12.8. The van der Waals surface area contributed by atoms with Gasteiger partial charge in [0.15, 0.2) is 17.3 Å². The summed E-state index contributed by atoms with van der Waals surface area (Å²) < 4.78 is 5.78. The normalized spacial score (nSPS) is 13.9. The molecule has 0 radical (unpaired) electrons. The number of carbonyl (C=O) groups excluding carboxylic acids is 1. The zero-order chi connectivity index (χ0) is 16.1. The lowest BCUT2D eigenvalue weighted by molar-refractivity contribution is 0.0993. The van der Waals surface area contributed by atoms with Crippen LogP contribution in [0.25, 0.3) is 0 Å². The number of ether oxygens (including phenoxy) is 1. The maximum absolute atomic E-state index is 12.4. The van der Waals surface area contributed by atoms with Gasteiger partial charge in [0.05, 0.1) is 5.56 Å². The Balaban J connectivity index is 2.11. The van der Waals surface area contributed by atoms with E-state index in [0.29, 0.717) is 5.75 Å². The summed E-state index contributed by atoms with van der Waals surface area (Å²) in [6.07, 6.45) is 0.205. The van der Waals surface area contributed by atoms with E-state index in [1.165, 1.54) is 12.1 Å². The van der Waals surface area contributed by atoms with Crippen LogP contribution in [0.2, 0.25) is 0 Å². The molecule has 0 spiro atoms. The lowest BCUT2D eigenvalue weighted by atomic mass is 9.85. The van der Waals surface area contributed by atoms with Crippen LogP contribution in [0.5, 0.6) is 23.0 Å². The van der Waals surface area contributed by atoms with Gasteiger partial charge < -0.3 is 14.9 Å². The molecule has 1 aliphatic rings. The number of ketones is 1. The van der Waals surface area contributed by atoms with Crippen molar-refractivity contribution in [1.82, 2.24) is 0 Å². The Kier molecular flexibility index (Phi) is 3.13. The number of hydrogen-bond donors (Lipinski definition) is 2. The van der Waals surface area contributed by atoms with Gasteiger partial charge >= 0.3 is 0 Å². The third-order valence-electron chi connectivity index (χ3n) is 3.87. The molecule has 22 heavy (non-hydrogen) atoms. The van der Waals surface area contributed by atoms with Gasteiger partial charge in [-0.25, -0.2) is 0 Å². The van der Waals surface area contributed by atoms with Gasteiger partial charge in [-0.15, -0.1) is 0 Å². The fourth-order valence-electron chi connectivity index (χ4n) is 2.53. The molecule has 1 aliphatic heterocycles. The molecule has 4 heteroatoms. The summed E-state index contributed by atoms with van der Waals surface area (Å²) in [6, 6.07) is 8.34. The highest BCUT2D eigenvalue weighted by Crippen LogP contribution is 2.40. The van der Waals surface area contributed by atoms with E-state index in [2.05, 4.69) is 20.8 Å². The Morgan fingerprint density at radius 1 is 1.00 bits per heavy atom. The first-order valence-corrected chi connectivity index (χ1v) is 7.16. The molecule has 2 aromatic carbocycles. The van der Waals surface area contributed by atoms with Crippen LogP contribution in [0.3, 0.4) is 0 Å². The van der Waals surface area contributed by atoms with E-state index < -0.39 is 0 Å². The summed E-state index contributed by atoms with van der Waals surface area (Å²) in [6.45, 7) is 6.33. The van der Waals surface area contributed by atoms with Crippen LogP contribution in [0.4, 0.5) is 0 Å². The van der Waals surface area contributed by atoms with Crippen molar-refractivity contribution in [3.63, 3.8) is 0 Å². The van der Waals surface area contributed by atoms with E-state index in [-0.39, 0.29) is 40.4 Å². The Bertz CT molecular complexity index is 769. The van der Waals surface area contributed by atoms with E-state index in [4.69, 9.17) is 4.74 Å². The van der Waals surface area contributed by atoms with Crippen LogP contribution in [0.1, 0.15) is 42.3 Å². The number of Topliss-reactive ketones (excluding diaryl/α,β-unsaturated/α-hetero) is 1. The molecule has 2 aromatic rings.